The Balaban J connectivity index is 1.85. The molecule has 138 valence electrons. The summed E-state index contributed by atoms with van der Waals surface area (Å²) in [7, 11) is 0. The summed E-state index contributed by atoms with van der Waals surface area (Å²) in [6.45, 7) is 0. The summed E-state index contributed by atoms with van der Waals surface area (Å²) >= 11 is 3.47. The first-order valence-corrected chi connectivity index (χ1v) is 10.2. The Labute approximate surface area is 174 Å². The average molecular weight is 429 g/mol. The van der Waals surface area contributed by atoms with Crippen molar-refractivity contribution in [2.45, 2.75) is 12.0 Å². The molecule has 0 fully saturated rings. The standard InChI is InChI=1S/C26H21BrO/c27-22-17-15-21(16-18-22)26(28)24-14-8-7-13-23(24)25(19-9-3-1-4-10-19)20-11-5-2-6-12-20/h1-18,25-26,28H. The lowest BCUT2D eigenvalue weighted by atomic mass is 9.81. The van der Waals surface area contributed by atoms with E-state index in [2.05, 4.69) is 70.5 Å². The minimum Gasteiger partial charge on any atom is -0.384 e. The fourth-order valence-corrected chi connectivity index (χ4v) is 3.95. The molecule has 0 heterocycles. The molecular weight excluding hydrogens is 408 g/mol. The van der Waals surface area contributed by atoms with Gasteiger partial charge in [0.25, 0.3) is 0 Å². The maximum Gasteiger partial charge on any atom is 0.104 e. The van der Waals surface area contributed by atoms with Crippen LogP contribution in [-0.4, -0.2) is 5.11 Å². The molecular formula is C26H21BrO. The minimum absolute atomic E-state index is 0.0590. The summed E-state index contributed by atoms with van der Waals surface area (Å²) in [5.41, 5.74) is 5.36. The molecule has 1 N–H and O–H groups in total. The molecule has 0 aromatic heterocycles. The van der Waals surface area contributed by atoms with Gasteiger partial charge in [0.1, 0.15) is 6.10 Å². The third kappa shape index (κ3) is 3.94. The number of hydrogen-bond acceptors (Lipinski definition) is 1. The summed E-state index contributed by atoms with van der Waals surface area (Å²) in [6.07, 6.45) is -0.681. The van der Waals surface area contributed by atoms with Crippen LogP contribution in [0.5, 0.6) is 0 Å². The van der Waals surface area contributed by atoms with Crippen molar-refractivity contribution in [1.82, 2.24) is 0 Å². The van der Waals surface area contributed by atoms with Gasteiger partial charge in [0.2, 0.25) is 0 Å². The van der Waals surface area contributed by atoms with E-state index in [9.17, 15) is 5.11 Å². The van der Waals surface area contributed by atoms with Crippen LogP contribution in [0.3, 0.4) is 0 Å². The Hall–Kier alpha value is -2.68. The number of halogens is 1. The van der Waals surface area contributed by atoms with Crippen LogP contribution < -0.4 is 0 Å². The first-order chi connectivity index (χ1) is 13.7. The van der Waals surface area contributed by atoms with Gasteiger partial charge >= 0.3 is 0 Å². The molecule has 2 heteroatoms. The van der Waals surface area contributed by atoms with Crippen LogP contribution >= 0.6 is 15.9 Å². The van der Waals surface area contributed by atoms with Crippen molar-refractivity contribution in [2.24, 2.45) is 0 Å². The van der Waals surface area contributed by atoms with Crippen molar-refractivity contribution in [2.75, 3.05) is 0 Å². The van der Waals surface area contributed by atoms with Gasteiger partial charge in [0.15, 0.2) is 0 Å². The first-order valence-electron chi connectivity index (χ1n) is 9.36. The van der Waals surface area contributed by atoms with Crippen LogP contribution in [0, 0.1) is 0 Å². The van der Waals surface area contributed by atoms with E-state index in [4.69, 9.17) is 0 Å². The number of hydrogen-bond donors (Lipinski definition) is 1. The van der Waals surface area contributed by atoms with Gasteiger partial charge in [-0.05, 0) is 39.9 Å². The SMILES string of the molecule is OC(c1ccc(Br)cc1)c1ccccc1C(c1ccccc1)c1ccccc1. The van der Waals surface area contributed by atoms with Crippen LogP contribution in [0.25, 0.3) is 0 Å². The van der Waals surface area contributed by atoms with Gasteiger partial charge in [-0.25, -0.2) is 0 Å². The molecule has 0 saturated heterocycles. The van der Waals surface area contributed by atoms with Crippen molar-refractivity contribution in [1.29, 1.82) is 0 Å². The zero-order valence-electron chi connectivity index (χ0n) is 15.4. The van der Waals surface area contributed by atoms with Crippen molar-refractivity contribution in [3.63, 3.8) is 0 Å². The van der Waals surface area contributed by atoms with E-state index in [1.807, 2.05) is 54.6 Å². The maximum absolute atomic E-state index is 11.2. The molecule has 1 atom stereocenters. The van der Waals surface area contributed by atoms with E-state index in [-0.39, 0.29) is 5.92 Å². The van der Waals surface area contributed by atoms with Gasteiger partial charge in [0.05, 0.1) is 0 Å². The minimum atomic E-state index is -0.681. The predicted molar refractivity (Wildman–Crippen MR) is 118 cm³/mol. The molecule has 4 aromatic rings. The van der Waals surface area contributed by atoms with Gasteiger partial charge < -0.3 is 5.11 Å². The van der Waals surface area contributed by atoms with Crippen LogP contribution in [0.4, 0.5) is 0 Å². The van der Waals surface area contributed by atoms with E-state index in [0.717, 1.165) is 21.2 Å². The van der Waals surface area contributed by atoms with Gasteiger partial charge in [-0.1, -0.05) is 113 Å². The van der Waals surface area contributed by atoms with Crippen LogP contribution in [0.1, 0.15) is 39.8 Å². The van der Waals surface area contributed by atoms with E-state index >= 15 is 0 Å². The van der Waals surface area contributed by atoms with E-state index in [1.54, 1.807) is 0 Å². The zero-order valence-corrected chi connectivity index (χ0v) is 17.0. The molecule has 0 bridgehead atoms. The molecule has 0 spiro atoms. The van der Waals surface area contributed by atoms with E-state index < -0.39 is 6.10 Å². The van der Waals surface area contributed by atoms with Crippen molar-refractivity contribution in [3.05, 3.63) is 141 Å². The van der Waals surface area contributed by atoms with Crippen molar-refractivity contribution < 1.29 is 5.11 Å². The Morgan fingerprint density at radius 2 is 0.964 bits per heavy atom. The fraction of sp³-hybridized carbons (Fsp3) is 0.0769. The summed E-state index contributed by atoms with van der Waals surface area (Å²) in [4.78, 5) is 0. The van der Waals surface area contributed by atoms with E-state index in [0.29, 0.717) is 0 Å². The third-order valence-corrected chi connectivity index (χ3v) is 5.58. The van der Waals surface area contributed by atoms with Crippen LogP contribution in [-0.2, 0) is 0 Å². The highest BCUT2D eigenvalue weighted by atomic mass is 79.9. The molecule has 4 rings (SSSR count). The Morgan fingerprint density at radius 1 is 0.500 bits per heavy atom. The first kappa shape index (κ1) is 18.7. The number of aliphatic hydroxyl groups excluding tert-OH is 1. The summed E-state index contributed by atoms with van der Waals surface area (Å²) in [6, 6.07) is 37.0. The van der Waals surface area contributed by atoms with Crippen molar-refractivity contribution in [3.8, 4) is 0 Å². The molecule has 0 aliphatic carbocycles. The molecule has 1 nitrogen and oxygen atoms in total. The Morgan fingerprint density at radius 3 is 1.50 bits per heavy atom. The Bertz CT molecular complexity index is 987. The normalized spacial score (nSPS) is 12.1. The lowest BCUT2D eigenvalue weighted by molar-refractivity contribution is 0.219. The molecule has 28 heavy (non-hydrogen) atoms. The van der Waals surface area contributed by atoms with Gasteiger partial charge in [0, 0.05) is 10.4 Å². The lowest BCUT2D eigenvalue weighted by Crippen LogP contribution is -2.10. The monoisotopic (exact) mass is 428 g/mol. The van der Waals surface area contributed by atoms with Gasteiger partial charge in [-0.15, -0.1) is 0 Å². The molecule has 0 aliphatic heterocycles. The van der Waals surface area contributed by atoms with Crippen LogP contribution in [0.15, 0.2) is 114 Å². The third-order valence-electron chi connectivity index (χ3n) is 5.05. The quantitative estimate of drug-likeness (QED) is 0.350. The summed E-state index contributed by atoms with van der Waals surface area (Å²) < 4.78 is 1.00. The second kappa shape index (κ2) is 8.55. The Kier molecular flexibility index (Phi) is 5.70. The number of rotatable bonds is 5. The predicted octanol–water partition coefficient (Wildman–Crippen LogP) is 6.71. The molecule has 0 radical (unpaired) electrons. The highest BCUT2D eigenvalue weighted by Crippen LogP contribution is 2.37. The maximum atomic E-state index is 11.2. The van der Waals surface area contributed by atoms with E-state index in [1.165, 1.54) is 11.1 Å². The number of aliphatic hydroxyl groups is 1. The van der Waals surface area contributed by atoms with Crippen molar-refractivity contribution >= 4 is 15.9 Å². The largest absolute Gasteiger partial charge is 0.384 e. The molecule has 1 unspecified atom stereocenters. The molecule has 0 amide bonds. The zero-order chi connectivity index (χ0) is 19.3. The number of benzene rings is 4. The molecule has 4 aromatic carbocycles. The van der Waals surface area contributed by atoms with Gasteiger partial charge in [-0.2, -0.15) is 0 Å². The van der Waals surface area contributed by atoms with Gasteiger partial charge in [-0.3, -0.25) is 0 Å². The molecule has 0 saturated carbocycles. The second-order valence-electron chi connectivity index (χ2n) is 6.84. The highest BCUT2D eigenvalue weighted by molar-refractivity contribution is 9.10. The topological polar surface area (TPSA) is 20.2 Å². The fourth-order valence-electron chi connectivity index (χ4n) is 3.69. The smallest absolute Gasteiger partial charge is 0.104 e. The summed E-state index contributed by atoms with van der Waals surface area (Å²) in [5.74, 6) is 0.0590. The summed E-state index contributed by atoms with van der Waals surface area (Å²) in [5, 5.41) is 11.2. The highest BCUT2D eigenvalue weighted by Gasteiger charge is 2.23. The van der Waals surface area contributed by atoms with Crippen LogP contribution in [0.2, 0.25) is 0 Å². The average Bonchev–Trinajstić information content (AvgIpc) is 2.76. The lowest BCUT2D eigenvalue weighted by Gasteiger charge is -2.24. The second-order valence-corrected chi connectivity index (χ2v) is 7.75. The molecule has 0 aliphatic rings.